The molecule has 0 radical (unpaired) electrons. The van der Waals surface area contributed by atoms with Crippen molar-refractivity contribution in [3.63, 3.8) is 0 Å². The molecule has 0 spiro atoms. The maximum absolute atomic E-state index is 5.92. The van der Waals surface area contributed by atoms with Gasteiger partial charge in [-0.2, -0.15) is 0 Å². The minimum atomic E-state index is -0.162. The van der Waals surface area contributed by atoms with E-state index >= 15 is 0 Å². The normalized spacial score (nSPS) is 15.0. The van der Waals surface area contributed by atoms with Gasteiger partial charge in [-0.25, -0.2) is 0 Å². The summed E-state index contributed by atoms with van der Waals surface area (Å²) in [6.45, 7) is 8.99. The van der Waals surface area contributed by atoms with Crippen LogP contribution in [0.3, 0.4) is 0 Å². The van der Waals surface area contributed by atoms with E-state index in [0.717, 1.165) is 19.4 Å². The van der Waals surface area contributed by atoms with E-state index < -0.39 is 0 Å². The van der Waals surface area contributed by atoms with Crippen molar-refractivity contribution in [2.75, 3.05) is 6.61 Å². The van der Waals surface area contributed by atoms with Crippen molar-refractivity contribution >= 4 is 0 Å². The molecule has 0 amide bonds. The van der Waals surface area contributed by atoms with Crippen molar-refractivity contribution < 1.29 is 4.74 Å². The number of hydrogen-bond donors (Lipinski definition) is 1. The second-order valence-electron chi connectivity index (χ2n) is 3.43. The molecular weight excluding hydrogens is 138 g/mol. The lowest BCUT2D eigenvalue weighted by Gasteiger charge is -2.31. The van der Waals surface area contributed by atoms with E-state index in [4.69, 9.17) is 10.5 Å². The van der Waals surface area contributed by atoms with Gasteiger partial charge in [0.25, 0.3) is 0 Å². The molecule has 11 heavy (non-hydrogen) atoms. The summed E-state index contributed by atoms with van der Waals surface area (Å²) >= 11 is 0. The zero-order valence-corrected chi connectivity index (χ0v) is 8.18. The molecule has 2 heteroatoms. The summed E-state index contributed by atoms with van der Waals surface area (Å²) in [7, 11) is 0. The van der Waals surface area contributed by atoms with Crippen LogP contribution in [-0.2, 0) is 4.74 Å². The van der Waals surface area contributed by atoms with E-state index in [1.54, 1.807) is 0 Å². The fourth-order valence-electron chi connectivity index (χ4n) is 1.14. The van der Waals surface area contributed by atoms with Crippen LogP contribution in [0.5, 0.6) is 0 Å². The lowest BCUT2D eigenvalue weighted by atomic mass is 9.95. The van der Waals surface area contributed by atoms with Crippen molar-refractivity contribution in [3.8, 4) is 0 Å². The van der Waals surface area contributed by atoms with Crippen molar-refractivity contribution in [2.45, 2.75) is 52.2 Å². The van der Waals surface area contributed by atoms with Crippen LogP contribution in [0.2, 0.25) is 0 Å². The summed E-state index contributed by atoms with van der Waals surface area (Å²) in [5, 5.41) is 0. The molecule has 0 bridgehead atoms. The molecule has 68 valence electrons. The first-order chi connectivity index (χ1) is 5.04. The minimum absolute atomic E-state index is 0.160. The van der Waals surface area contributed by atoms with Gasteiger partial charge < -0.3 is 10.5 Å². The van der Waals surface area contributed by atoms with E-state index in [2.05, 4.69) is 20.8 Å². The minimum Gasteiger partial charge on any atom is -0.374 e. The Labute approximate surface area is 70.1 Å². The fourth-order valence-corrected chi connectivity index (χ4v) is 1.14. The molecule has 0 aromatic carbocycles. The van der Waals surface area contributed by atoms with E-state index in [9.17, 15) is 0 Å². The predicted molar refractivity (Wildman–Crippen MR) is 48.6 cm³/mol. The van der Waals surface area contributed by atoms with Gasteiger partial charge in [-0.1, -0.05) is 13.3 Å². The predicted octanol–water partition coefficient (Wildman–Crippen LogP) is 1.93. The number of rotatable bonds is 5. The van der Waals surface area contributed by atoms with Gasteiger partial charge in [0.05, 0.1) is 5.60 Å². The van der Waals surface area contributed by atoms with Gasteiger partial charge in [0.15, 0.2) is 0 Å². The largest absolute Gasteiger partial charge is 0.374 e. The summed E-state index contributed by atoms with van der Waals surface area (Å²) in [5.41, 5.74) is 5.76. The Balaban J connectivity index is 3.83. The van der Waals surface area contributed by atoms with E-state index in [0.29, 0.717) is 0 Å². The Morgan fingerprint density at radius 1 is 1.36 bits per heavy atom. The van der Waals surface area contributed by atoms with Gasteiger partial charge in [-0.3, -0.25) is 0 Å². The first-order valence-electron chi connectivity index (χ1n) is 4.44. The Kier molecular flexibility index (Phi) is 4.69. The highest BCUT2D eigenvalue weighted by Crippen LogP contribution is 2.16. The average molecular weight is 159 g/mol. The third-order valence-electron chi connectivity index (χ3n) is 2.01. The summed E-state index contributed by atoms with van der Waals surface area (Å²) in [6.07, 6.45) is 2.16. The van der Waals surface area contributed by atoms with Gasteiger partial charge in [0.2, 0.25) is 0 Å². The summed E-state index contributed by atoms with van der Waals surface area (Å²) < 4.78 is 5.52. The van der Waals surface area contributed by atoms with Crippen molar-refractivity contribution in [1.82, 2.24) is 0 Å². The highest BCUT2D eigenvalue weighted by molar-refractivity contribution is 4.81. The third-order valence-corrected chi connectivity index (χ3v) is 2.01. The lowest BCUT2D eigenvalue weighted by molar-refractivity contribution is -0.0308. The SMILES string of the molecule is CCC[C@H](N)C(C)(C)OCC. The van der Waals surface area contributed by atoms with Crippen LogP contribution < -0.4 is 5.73 Å². The Hall–Kier alpha value is -0.0800. The summed E-state index contributed by atoms with van der Waals surface area (Å²) in [5.74, 6) is 0. The van der Waals surface area contributed by atoms with Crippen molar-refractivity contribution in [1.29, 1.82) is 0 Å². The summed E-state index contributed by atoms with van der Waals surface area (Å²) in [4.78, 5) is 0. The van der Waals surface area contributed by atoms with Gasteiger partial charge in [0.1, 0.15) is 0 Å². The van der Waals surface area contributed by atoms with Crippen LogP contribution >= 0.6 is 0 Å². The Morgan fingerprint density at radius 3 is 2.27 bits per heavy atom. The maximum Gasteiger partial charge on any atom is 0.0776 e. The topological polar surface area (TPSA) is 35.2 Å². The van der Waals surface area contributed by atoms with Gasteiger partial charge in [-0.05, 0) is 27.2 Å². The Bertz CT molecular complexity index is 102. The van der Waals surface area contributed by atoms with Gasteiger partial charge >= 0.3 is 0 Å². The van der Waals surface area contributed by atoms with Gasteiger partial charge in [-0.15, -0.1) is 0 Å². The Morgan fingerprint density at radius 2 is 1.91 bits per heavy atom. The zero-order chi connectivity index (χ0) is 8.91. The standard InChI is InChI=1S/C9H21NO/c1-5-7-8(10)9(3,4)11-6-2/h8H,5-7,10H2,1-4H3/t8-/m0/s1. The highest BCUT2D eigenvalue weighted by atomic mass is 16.5. The molecule has 0 aromatic heterocycles. The number of nitrogens with two attached hydrogens (primary N) is 1. The van der Waals surface area contributed by atoms with Crippen LogP contribution in [-0.4, -0.2) is 18.2 Å². The molecule has 0 rings (SSSR count). The quantitative estimate of drug-likeness (QED) is 0.665. The molecule has 0 aliphatic carbocycles. The molecule has 0 saturated heterocycles. The molecule has 1 atom stereocenters. The van der Waals surface area contributed by atoms with Crippen molar-refractivity contribution in [2.24, 2.45) is 5.73 Å². The zero-order valence-electron chi connectivity index (χ0n) is 8.18. The molecule has 0 aromatic rings. The maximum atomic E-state index is 5.92. The second-order valence-corrected chi connectivity index (χ2v) is 3.43. The van der Waals surface area contributed by atoms with E-state index in [1.165, 1.54) is 0 Å². The smallest absolute Gasteiger partial charge is 0.0776 e. The first kappa shape index (κ1) is 10.9. The molecule has 0 aliphatic rings. The number of ether oxygens (including phenoxy) is 1. The highest BCUT2D eigenvalue weighted by Gasteiger charge is 2.25. The monoisotopic (exact) mass is 159 g/mol. The molecule has 0 aliphatic heterocycles. The third kappa shape index (κ3) is 3.73. The number of hydrogen-bond acceptors (Lipinski definition) is 2. The van der Waals surface area contributed by atoms with Gasteiger partial charge in [0, 0.05) is 12.6 Å². The van der Waals surface area contributed by atoms with Crippen LogP contribution in [0.1, 0.15) is 40.5 Å². The first-order valence-corrected chi connectivity index (χ1v) is 4.44. The molecule has 0 saturated carbocycles. The molecular formula is C9H21NO. The van der Waals surface area contributed by atoms with Crippen LogP contribution in [0, 0.1) is 0 Å². The van der Waals surface area contributed by atoms with Crippen LogP contribution in [0.15, 0.2) is 0 Å². The fraction of sp³-hybridized carbons (Fsp3) is 1.00. The van der Waals surface area contributed by atoms with Crippen LogP contribution in [0.25, 0.3) is 0 Å². The average Bonchev–Trinajstić information content (AvgIpc) is 1.88. The second kappa shape index (κ2) is 4.73. The van der Waals surface area contributed by atoms with E-state index in [1.807, 2.05) is 6.92 Å². The summed E-state index contributed by atoms with van der Waals surface area (Å²) in [6, 6.07) is 0.160. The molecule has 0 fully saturated rings. The lowest BCUT2D eigenvalue weighted by Crippen LogP contribution is -2.45. The van der Waals surface area contributed by atoms with Crippen molar-refractivity contribution in [3.05, 3.63) is 0 Å². The molecule has 0 unspecified atom stereocenters. The molecule has 2 N–H and O–H groups in total. The molecule has 2 nitrogen and oxygen atoms in total. The van der Waals surface area contributed by atoms with E-state index in [-0.39, 0.29) is 11.6 Å². The van der Waals surface area contributed by atoms with Crippen LogP contribution in [0.4, 0.5) is 0 Å². The molecule has 0 heterocycles.